The van der Waals surface area contributed by atoms with Crippen LogP contribution in [-0.4, -0.2) is 36.5 Å². The van der Waals surface area contributed by atoms with Gasteiger partial charge in [-0.1, -0.05) is 26.0 Å². The van der Waals surface area contributed by atoms with Gasteiger partial charge in [-0.2, -0.15) is 0 Å². The van der Waals surface area contributed by atoms with Crippen LogP contribution in [0.2, 0.25) is 0 Å². The second-order valence-electron chi connectivity index (χ2n) is 6.09. The molecule has 1 fully saturated rings. The van der Waals surface area contributed by atoms with E-state index in [9.17, 15) is 4.79 Å². The minimum atomic E-state index is 0. The Bertz CT molecular complexity index is 455. The number of halogens is 1. The van der Waals surface area contributed by atoms with Crippen molar-refractivity contribution in [3.63, 3.8) is 0 Å². The van der Waals surface area contributed by atoms with Gasteiger partial charge in [-0.3, -0.25) is 9.69 Å². The molecule has 0 bridgehead atoms. The molecule has 4 nitrogen and oxygen atoms in total. The number of rotatable bonds is 5. The van der Waals surface area contributed by atoms with Crippen LogP contribution in [0.15, 0.2) is 24.3 Å². The van der Waals surface area contributed by atoms with Gasteiger partial charge in [0.2, 0.25) is 5.91 Å². The highest BCUT2D eigenvalue weighted by Gasteiger charge is 2.18. The van der Waals surface area contributed by atoms with Crippen molar-refractivity contribution in [3.8, 4) is 0 Å². The van der Waals surface area contributed by atoms with E-state index >= 15 is 0 Å². The van der Waals surface area contributed by atoms with Crippen LogP contribution in [0.3, 0.4) is 0 Å². The van der Waals surface area contributed by atoms with E-state index in [0.717, 1.165) is 38.0 Å². The largest absolute Gasteiger partial charge is 0.328 e. The molecule has 1 aromatic rings. The quantitative estimate of drug-likeness (QED) is 0.875. The highest BCUT2D eigenvalue weighted by atomic mass is 35.5. The Morgan fingerprint density at radius 3 is 2.45 bits per heavy atom. The summed E-state index contributed by atoms with van der Waals surface area (Å²) in [4.78, 5) is 14.2. The van der Waals surface area contributed by atoms with Crippen molar-refractivity contribution in [2.45, 2.75) is 45.1 Å². The minimum absolute atomic E-state index is 0. The number of piperidine rings is 1. The van der Waals surface area contributed by atoms with E-state index < -0.39 is 0 Å². The first-order valence-electron chi connectivity index (χ1n) is 7.96. The molecule has 1 aromatic carbocycles. The third kappa shape index (κ3) is 5.59. The Morgan fingerprint density at radius 1 is 1.32 bits per heavy atom. The summed E-state index contributed by atoms with van der Waals surface area (Å²) in [6, 6.07) is 8.49. The van der Waals surface area contributed by atoms with E-state index in [0.29, 0.717) is 18.5 Å². The van der Waals surface area contributed by atoms with E-state index in [1.54, 1.807) is 0 Å². The average Bonchev–Trinajstić information content (AvgIpc) is 2.49. The molecule has 1 heterocycles. The zero-order valence-corrected chi connectivity index (χ0v) is 14.4. The second-order valence-corrected chi connectivity index (χ2v) is 6.09. The number of nitrogens with two attached hydrogens (primary N) is 1. The Kier molecular flexibility index (Phi) is 7.87. The van der Waals surface area contributed by atoms with Crippen molar-refractivity contribution in [3.05, 3.63) is 29.8 Å². The molecule has 1 aliphatic rings. The number of likely N-dealkylation sites (tertiary alicyclic amines) is 1. The van der Waals surface area contributed by atoms with Crippen molar-refractivity contribution in [2.75, 3.05) is 25.0 Å². The molecular weight excluding hydrogens is 298 g/mol. The van der Waals surface area contributed by atoms with Crippen LogP contribution in [0.1, 0.15) is 44.6 Å². The lowest BCUT2D eigenvalue weighted by molar-refractivity contribution is -0.117. The lowest BCUT2D eigenvalue weighted by Gasteiger charge is -2.29. The molecule has 3 N–H and O–H groups in total. The molecule has 1 unspecified atom stereocenters. The number of nitrogens with one attached hydrogen (secondary N) is 1. The van der Waals surface area contributed by atoms with Gasteiger partial charge in [0.25, 0.3) is 0 Å². The van der Waals surface area contributed by atoms with Crippen LogP contribution >= 0.6 is 12.4 Å². The first-order chi connectivity index (χ1) is 10.1. The predicted octanol–water partition coefficient (Wildman–Crippen LogP) is 2.98. The van der Waals surface area contributed by atoms with E-state index in [1.165, 1.54) is 5.56 Å². The number of carbonyl (C=O) groups is 1. The fourth-order valence-electron chi connectivity index (χ4n) is 2.65. The van der Waals surface area contributed by atoms with Gasteiger partial charge >= 0.3 is 0 Å². The standard InChI is InChI=1S/C17H27N3O.ClH/c1-3-13(2)14-4-6-16(7-5-14)19-17(21)12-20-10-8-15(18)9-11-20;/h4-7,13,15H,3,8-12,18H2,1-2H3,(H,19,21);1H. The Balaban J connectivity index is 0.00000242. The second kappa shape index (κ2) is 9.13. The number of benzene rings is 1. The van der Waals surface area contributed by atoms with Crippen LogP contribution in [0.5, 0.6) is 0 Å². The van der Waals surface area contributed by atoms with Crippen molar-refractivity contribution in [1.29, 1.82) is 0 Å². The molecule has 22 heavy (non-hydrogen) atoms. The Hall–Kier alpha value is -1.10. The molecule has 2 rings (SSSR count). The number of hydrogen-bond donors (Lipinski definition) is 2. The maximum atomic E-state index is 12.1. The van der Waals surface area contributed by atoms with Crippen LogP contribution in [-0.2, 0) is 4.79 Å². The van der Waals surface area contributed by atoms with Gasteiger partial charge in [-0.25, -0.2) is 0 Å². The maximum absolute atomic E-state index is 12.1. The lowest BCUT2D eigenvalue weighted by atomic mass is 9.99. The summed E-state index contributed by atoms with van der Waals surface area (Å²) < 4.78 is 0. The third-order valence-corrected chi connectivity index (χ3v) is 4.38. The highest BCUT2D eigenvalue weighted by Crippen LogP contribution is 2.20. The molecule has 0 spiro atoms. The number of nitrogens with zero attached hydrogens (tertiary/aromatic N) is 1. The summed E-state index contributed by atoms with van der Waals surface area (Å²) in [6.45, 7) is 6.70. The fourth-order valence-corrected chi connectivity index (χ4v) is 2.65. The van der Waals surface area contributed by atoms with E-state index in [1.807, 2.05) is 12.1 Å². The van der Waals surface area contributed by atoms with Crippen LogP contribution in [0.25, 0.3) is 0 Å². The summed E-state index contributed by atoms with van der Waals surface area (Å²) in [5, 5.41) is 2.97. The molecule has 0 saturated carbocycles. The Morgan fingerprint density at radius 2 is 1.91 bits per heavy atom. The zero-order valence-electron chi connectivity index (χ0n) is 13.5. The van der Waals surface area contributed by atoms with Crippen LogP contribution < -0.4 is 11.1 Å². The molecule has 1 atom stereocenters. The fraction of sp³-hybridized carbons (Fsp3) is 0.588. The van der Waals surface area contributed by atoms with Crippen LogP contribution in [0, 0.1) is 0 Å². The van der Waals surface area contributed by atoms with Crippen molar-refractivity contribution in [1.82, 2.24) is 4.90 Å². The lowest BCUT2D eigenvalue weighted by Crippen LogP contribution is -2.43. The Labute approximate surface area is 139 Å². The zero-order chi connectivity index (χ0) is 15.2. The van der Waals surface area contributed by atoms with E-state index in [4.69, 9.17) is 5.73 Å². The SMILES string of the molecule is CCC(C)c1ccc(NC(=O)CN2CCC(N)CC2)cc1.Cl. The van der Waals surface area contributed by atoms with E-state index in [-0.39, 0.29) is 18.3 Å². The summed E-state index contributed by atoms with van der Waals surface area (Å²) in [6.07, 6.45) is 3.09. The molecule has 0 aromatic heterocycles. The minimum Gasteiger partial charge on any atom is -0.328 e. The molecule has 124 valence electrons. The summed E-state index contributed by atoms with van der Waals surface area (Å²) in [7, 11) is 0. The monoisotopic (exact) mass is 325 g/mol. The summed E-state index contributed by atoms with van der Waals surface area (Å²) in [5.41, 5.74) is 8.07. The number of carbonyl (C=O) groups excluding carboxylic acids is 1. The van der Waals surface area contributed by atoms with Gasteiger partial charge in [0.15, 0.2) is 0 Å². The smallest absolute Gasteiger partial charge is 0.238 e. The summed E-state index contributed by atoms with van der Waals surface area (Å²) >= 11 is 0. The van der Waals surface area contributed by atoms with Gasteiger partial charge in [0.1, 0.15) is 0 Å². The first-order valence-corrected chi connectivity index (χ1v) is 7.96. The topological polar surface area (TPSA) is 58.4 Å². The number of hydrogen-bond acceptors (Lipinski definition) is 3. The van der Waals surface area contributed by atoms with Crippen molar-refractivity contribution >= 4 is 24.0 Å². The molecule has 1 saturated heterocycles. The van der Waals surface area contributed by atoms with Gasteiger partial charge in [-0.05, 0) is 42.9 Å². The maximum Gasteiger partial charge on any atom is 0.238 e. The van der Waals surface area contributed by atoms with E-state index in [2.05, 4.69) is 36.2 Å². The van der Waals surface area contributed by atoms with Crippen molar-refractivity contribution < 1.29 is 4.79 Å². The van der Waals surface area contributed by atoms with Crippen LogP contribution in [0.4, 0.5) is 5.69 Å². The summed E-state index contributed by atoms with van der Waals surface area (Å²) in [5.74, 6) is 0.620. The molecule has 5 heteroatoms. The normalized spacial score (nSPS) is 17.6. The highest BCUT2D eigenvalue weighted by molar-refractivity contribution is 5.92. The van der Waals surface area contributed by atoms with Gasteiger partial charge in [-0.15, -0.1) is 12.4 Å². The average molecular weight is 326 g/mol. The van der Waals surface area contributed by atoms with Crippen molar-refractivity contribution in [2.24, 2.45) is 5.73 Å². The predicted molar refractivity (Wildman–Crippen MR) is 94.7 cm³/mol. The molecule has 0 radical (unpaired) electrons. The first kappa shape index (κ1) is 18.9. The molecule has 0 aliphatic carbocycles. The third-order valence-electron chi connectivity index (χ3n) is 4.38. The molecular formula is C17H28ClN3O. The van der Waals surface area contributed by atoms with Gasteiger partial charge in [0, 0.05) is 24.8 Å². The number of amides is 1. The number of anilines is 1. The molecule has 1 amide bonds. The van der Waals surface area contributed by atoms with Gasteiger partial charge in [0.05, 0.1) is 6.54 Å². The molecule has 1 aliphatic heterocycles. The van der Waals surface area contributed by atoms with Gasteiger partial charge < -0.3 is 11.1 Å².